The van der Waals surface area contributed by atoms with Crippen LogP contribution in [0.4, 0.5) is 4.39 Å². The number of amides is 2. The number of hydrogen-bond donors (Lipinski definition) is 2. The molecule has 18 heavy (non-hydrogen) atoms. The highest BCUT2D eigenvalue weighted by molar-refractivity contribution is 5.95. The van der Waals surface area contributed by atoms with Crippen LogP contribution in [0.3, 0.4) is 0 Å². The summed E-state index contributed by atoms with van der Waals surface area (Å²) in [5, 5.41) is 2.71. The molecular formula is C12H13FN2O3. The quantitative estimate of drug-likeness (QED) is 0.803. The first kappa shape index (κ1) is 12.5. The van der Waals surface area contributed by atoms with Gasteiger partial charge < -0.3 is 15.8 Å². The van der Waals surface area contributed by atoms with Crippen molar-refractivity contribution in [1.82, 2.24) is 5.32 Å². The van der Waals surface area contributed by atoms with Gasteiger partial charge in [0.05, 0.1) is 25.2 Å². The maximum atomic E-state index is 12.7. The van der Waals surface area contributed by atoms with Gasteiger partial charge in [-0.15, -0.1) is 0 Å². The molecule has 1 aliphatic heterocycles. The van der Waals surface area contributed by atoms with Crippen molar-refractivity contribution in [2.24, 2.45) is 5.73 Å². The number of halogens is 1. The minimum Gasteiger partial charge on any atom is -0.376 e. The molecule has 2 rings (SSSR count). The molecule has 96 valence electrons. The fourth-order valence-corrected chi connectivity index (χ4v) is 1.81. The summed E-state index contributed by atoms with van der Waals surface area (Å²) in [7, 11) is 0. The highest BCUT2D eigenvalue weighted by Crippen LogP contribution is 2.21. The molecule has 0 aliphatic carbocycles. The highest BCUT2D eigenvalue weighted by Gasteiger charge is 2.41. The maximum absolute atomic E-state index is 12.7. The Morgan fingerprint density at radius 3 is 2.39 bits per heavy atom. The number of nitrogens with two attached hydrogens (primary N) is 1. The van der Waals surface area contributed by atoms with Gasteiger partial charge in [0, 0.05) is 5.56 Å². The number of carbonyl (C=O) groups excluding carboxylic acids is 2. The summed E-state index contributed by atoms with van der Waals surface area (Å²) in [4.78, 5) is 22.8. The minimum absolute atomic E-state index is 0.0277. The lowest BCUT2D eigenvalue weighted by molar-refractivity contribution is -0.127. The van der Waals surface area contributed by atoms with Crippen molar-refractivity contribution >= 4 is 11.8 Å². The summed E-state index contributed by atoms with van der Waals surface area (Å²) in [5.74, 6) is -1.29. The van der Waals surface area contributed by atoms with Crippen LogP contribution in [0.15, 0.2) is 24.3 Å². The molecule has 0 spiro atoms. The second kappa shape index (κ2) is 4.73. The largest absolute Gasteiger partial charge is 0.376 e. The van der Waals surface area contributed by atoms with E-state index in [1.807, 2.05) is 0 Å². The van der Waals surface area contributed by atoms with Crippen LogP contribution in [0.2, 0.25) is 0 Å². The van der Waals surface area contributed by atoms with E-state index >= 15 is 0 Å². The predicted octanol–water partition coefficient (Wildman–Crippen LogP) is 0.200. The normalized spacial score (nSPS) is 16.7. The molecule has 0 saturated carbocycles. The van der Waals surface area contributed by atoms with Gasteiger partial charge >= 0.3 is 0 Å². The van der Waals surface area contributed by atoms with Gasteiger partial charge in [0.2, 0.25) is 5.91 Å². The summed E-state index contributed by atoms with van der Waals surface area (Å²) in [6, 6.07) is 5.16. The van der Waals surface area contributed by atoms with Crippen molar-refractivity contribution in [2.45, 2.75) is 12.0 Å². The van der Waals surface area contributed by atoms with Crippen molar-refractivity contribution in [3.8, 4) is 0 Å². The summed E-state index contributed by atoms with van der Waals surface area (Å²) in [5.41, 5.74) is 4.73. The number of benzene rings is 1. The smallest absolute Gasteiger partial charge is 0.251 e. The van der Waals surface area contributed by atoms with Crippen molar-refractivity contribution in [2.75, 3.05) is 13.2 Å². The van der Waals surface area contributed by atoms with Crippen LogP contribution in [0.25, 0.3) is 0 Å². The average Bonchev–Trinajstić information content (AvgIpc) is 2.26. The Morgan fingerprint density at radius 1 is 1.33 bits per heavy atom. The molecule has 6 heteroatoms. The molecule has 5 nitrogen and oxygen atoms in total. The van der Waals surface area contributed by atoms with E-state index in [0.29, 0.717) is 5.56 Å². The monoisotopic (exact) mass is 252 g/mol. The van der Waals surface area contributed by atoms with Crippen LogP contribution in [-0.2, 0) is 9.53 Å². The maximum Gasteiger partial charge on any atom is 0.251 e. The number of rotatable bonds is 4. The number of primary amides is 1. The summed E-state index contributed by atoms with van der Waals surface area (Å²) in [6.07, 6.45) is 0.0277. The second-order valence-corrected chi connectivity index (χ2v) is 4.38. The SMILES string of the molecule is NC(=O)CC1(NC(=O)c2ccc(F)cc2)COC1. The van der Waals surface area contributed by atoms with Gasteiger partial charge in [-0.05, 0) is 24.3 Å². The van der Waals surface area contributed by atoms with Crippen LogP contribution in [0.1, 0.15) is 16.8 Å². The highest BCUT2D eigenvalue weighted by atomic mass is 19.1. The lowest BCUT2D eigenvalue weighted by Crippen LogP contribution is -2.63. The molecule has 1 aliphatic rings. The topological polar surface area (TPSA) is 81.4 Å². The van der Waals surface area contributed by atoms with E-state index in [2.05, 4.69) is 5.32 Å². The van der Waals surface area contributed by atoms with E-state index in [0.717, 1.165) is 0 Å². The van der Waals surface area contributed by atoms with Crippen LogP contribution in [0, 0.1) is 5.82 Å². The van der Waals surface area contributed by atoms with E-state index in [1.165, 1.54) is 24.3 Å². The zero-order valence-corrected chi connectivity index (χ0v) is 9.61. The Labute approximate surface area is 103 Å². The van der Waals surface area contributed by atoms with Gasteiger partial charge in [0.1, 0.15) is 5.82 Å². The molecule has 0 atom stereocenters. The first-order valence-corrected chi connectivity index (χ1v) is 5.45. The van der Waals surface area contributed by atoms with Gasteiger partial charge in [0.15, 0.2) is 0 Å². The van der Waals surface area contributed by atoms with Gasteiger partial charge in [0.25, 0.3) is 5.91 Å². The fourth-order valence-electron chi connectivity index (χ4n) is 1.81. The lowest BCUT2D eigenvalue weighted by Gasteiger charge is -2.41. The molecule has 1 aromatic carbocycles. The van der Waals surface area contributed by atoms with Crippen LogP contribution < -0.4 is 11.1 Å². The third-order valence-electron chi connectivity index (χ3n) is 2.75. The Bertz CT molecular complexity index is 469. The van der Waals surface area contributed by atoms with Crippen molar-refractivity contribution in [3.05, 3.63) is 35.6 Å². The van der Waals surface area contributed by atoms with Crippen LogP contribution in [0.5, 0.6) is 0 Å². The third kappa shape index (κ3) is 2.65. The Balaban J connectivity index is 2.06. The molecule has 0 bridgehead atoms. The van der Waals surface area contributed by atoms with Gasteiger partial charge in [-0.2, -0.15) is 0 Å². The molecule has 0 aromatic heterocycles. The van der Waals surface area contributed by atoms with Gasteiger partial charge in [-0.1, -0.05) is 0 Å². The molecule has 0 unspecified atom stereocenters. The van der Waals surface area contributed by atoms with E-state index in [4.69, 9.17) is 10.5 Å². The van der Waals surface area contributed by atoms with Gasteiger partial charge in [-0.25, -0.2) is 4.39 Å². The molecule has 0 radical (unpaired) electrons. The zero-order valence-electron chi connectivity index (χ0n) is 9.61. The zero-order chi connectivity index (χ0) is 13.2. The van der Waals surface area contributed by atoms with E-state index < -0.39 is 17.3 Å². The predicted molar refractivity (Wildman–Crippen MR) is 61.2 cm³/mol. The van der Waals surface area contributed by atoms with Crippen molar-refractivity contribution < 1.29 is 18.7 Å². The van der Waals surface area contributed by atoms with Crippen molar-refractivity contribution in [3.63, 3.8) is 0 Å². The first-order valence-electron chi connectivity index (χ1n) is 5.45. The number of ether oxygens (including phenoxy) is 1. The van der Waals surface area contributed by atoms with Crippen LogP contribution >= 0.6 is 0 Å². The molecule has 3 N–H and O–H groups in total. The van der Waals surface area contributed by atoms with E-state index in [1.54, 1.807) is 0 Å². The third-order valence-corrected chi connectivity index (χ3v) is 2.75. The standard InChI is InChI=1S/C12H13FN2O3/c13-9-3-1-8(2-4-9)11(17)15-12(5-10(14)16)6-18-7-12/h1-4H,5-7H2,(H2,14,16)(H,15,17). The first-order chi connectivity index (χ1) is 8.51. The number of nitrogens with one attached hydrogen (secondary N) is 1. The van der Waals surface area contributed by atoms with E-state index in [-0.39, 0.29) is 25.5 Å². The Kier molecular flexibility index (Phi) is 3.29. The summed E-state index contributed by atoms with van der Waals surface area (Å²) in [6.45, 7) is 0.506. The Hall–Kier alpha value is -1.95. The molecule has 1 fully saturated rings. The lowest BCUT2D eigenvalue weighted by atomic mass is 9.92. The Morgan fingerprint density at radius 2 is 1.94 bits per heavy atom. The van der Waals surface area contributed by atoms with Crippen LogP contribution in [-0.4, -0.2) is 30.6 Å². The number of carbonyl (C=O) groups is 2. The molecule has 1 heterocycles. The van der Waals surface area contributed by atoms with E-state index in [9.17, 15) is 14.0 Å². The summed E-state index contributed by atoms with van der Waals surface area (Å²) >= 11 is 0. The average molecular weight is 252 g/mol. The number of hydrogen-bond acceptors (Lipinski definition) is 3. The van der Waals surface area contributed by atoms with Gasteiger partial charge in [-0.3, -0.25) is 9.59 Å². The fraction of sp³-hybridized carbons (Fsp3) is 0.333. The molecular weight excluding hydrogens is 239 g/mol. The second-order valence-electron chi connectivity index (χ2n) is 4.38. The van der Waals surface area contributed by atoms with Crippen molar-refractivity contribution in [1.29, 1.82) is 0 Å². The molecule has 2 amide bonds. The molecule has 1 saturated heterocycles. The minimum atomic E-state index is -0.725. The molecule has 1 aromatic rings. The summed E-state index contributed by atoms with van der Waals surface area (Å²) < 4.78 is 17.7.